The number of aromatic amines is 1. The summed E-state index contributed by atoms with van der Waals surface area (Å²) >= 11 is 0.876. The zero-order valence-corrected chi connectivity index (χ0v) is 19.0. The van der Waals surface area contributed by atoms with Crippen LogP contribution in [0.2, 0.25) is 0 Å². The summed E-state index contributed by atoms with van der Waals surface area (Å²) in [6.07, 6.45) is 0.824. The van der Waals surface area contributed by atoms with Crippen molar-refractivity contribution in [2.75, 3.05) is 31.4 Å². The van der Waals surface area contributed by atoms with Crippen molar-refractivity contribution in [3.63, 3.8) is 0 Å². The first-order valence-electron chi connectivity index (χ1n) is 9.80. The van der Waals surface area contributed by atoms with Crippen LogP contribution in [0, 0.1) is 11.6 Å². The minimum absolute atomic E-state index is 0.0872. The third-order valence-electron chi connectivity index (χ3n) is 4.82. The smallest absolute Gasteiger partial charge is 0.187 e. The van der Waals surface area contributed by atoms with Gasteiger partial charge in [-0.15, -0.1) is 0 Å². The lowest BCUT2D eigenvalue weighted by atomic mass is 10.2. The lowest BCUT2D eigenvalue weighted by molar-refractivity contribution is 0.340. The molecular weight excluding hydrogens is 456 g/mol. The minimum Gasteiger partial charge on any atom is -0.495 e. The lowest BCUT2D eigenvalue weighted by Crippen LogP contribution is -2.00. The molecule has 0 atom stereocenters. The van der Waals surface area contributed by atoms with Crippen LogP contribution in [0.25, 0.3) is 11.0 Å². The van der Waals surface area contributed by atoms with Crippen LogP contribution in [-0.4, -0.2) is 36.7 Å². The van der Waals surface area contributed by atoms with Gasteiger partial charge in [0.2, 0.25) is 0 Å². The second-order valence-electron chi connectivity index (χ2n) is 6.78. The average Bonchev–Trinajstić information content (AvgIpc) is 3.43. The number of H-pyrrole nitrogens is 1. The number of anilines is 3. The Bertz CT molecular complexity index is 1270. The highest BCUT2D eigenvalue weighted by molar-refractivity contribution is 8.00. The van der Waals surface area contributed by atoms with Crippen molar-refractivity contribution < 1.29 is 27.5 Å². The van der Waals surface area contributed by atoms with Gasteiger partial charge >= 0.3 is 0 Å². The third kappa shape index (κ3) is 4.33. The fourth-order valence-electron chi connectivity index (χ4n) is 3.18. The van der Waals surface area contributed by atoms with Crippen molar-refractivity contribution in [2.45, 2.75) is 18.2 Å². The van der Waals surface area contributed by atoms with Crippen LogP contribution in [0.1, 0.15) is 12.6 Å². The Hall–Kier alpha value is -3.67. The zero-order chi connectivity index (χ0) is 23.5. The van der Waals surface area contributed by atoms with E-state index >= 15 is 0 Å². The maximum absolute atomic E-state index is 14.2. The van der Waals surface area contributed by atoms with E-state index in [2.05, 4.69) is 25.4 Å². The molecular formula is C21H21F2N5O4S. The van der Waals surface area contributed by atoms with Gasteiger partial charge in [0.05, 0.1) is 32.4 Å². The number of ether oxygens (including phenoxy) is 3. The molecule has 33 heavy (non-hydrogen) atoms. The normalized spacial score (nSPS) is 11.0. The Morgan fingerprint density at radius 3 is 2.36 bits per heavy atom. The van der Waals surface area contributed by atoms with Gasteiger partial charge in [0, 0.05) is 23.9 Å². The van der Waals surface area contributed by atoms with Crippen LogP contribution in [-0.2, 0) is 6.42 Å². The van der Waals surface area contributed by atoms with Gasteiger partial charge in [-0.1, -0.05) is 12.1 Å². The first-order chi connectivity index (χ1) is 16.0. The van der Waals surface area contributed by atoms with Gasteiger partial charge in [-0.25, -0.2) is 8.78 Å². The summed E-state index contributed by atoms with van der Waals surface area (Å²) in [5.41, 5.74) is 2.07. The Morgan fingerprint density at radius 2 is 1.76 bits per heavy atom. The maximum atomic E-state index is 14.2. The molecule has 9 nitrogen and oxygen atoms in total. The fraction of sp³-hybridized carbons (Fsp3) is 0.238. The Labute approximate surface area is 191 Å². The number of aromatic nitrogens is 3. The second-order valence-corrected chi connectivity index (χ2v) is 7.59. The van der Waals surface area contributed by atoms with Crippen LogP contribution < -0.4 is 24.2 Å². The van der Waals surface area contributed by atoms with Gasteiger partial charge in [-0.05, 0) is 24.4 Å². The van der Waals surface area contributed by atoms with Gasteiger partial charge in [0.1, 0.15) is 10.6 Å². The van der Waals surface area contributed by atoms with E-state index in [1.54, 1.807) is 12.1 Å². The molecule has 0 saturated heterocycles. The highest BCUT2D eigenvalue weighted by Crippen LogP contribution is 2.43. The van der Waals surface area contributed by atoms with E-state index < -0.39 is 11.6 Å². The lowest BCUT2D eigenvalue weighted by Gasteiger charge is -2.14. The Morgan fingerprint density at radius 1 is 1.03 bits per heavy atom. The summed E-state index contributed by atoms with van der Waals surface area (Å²) in [5.74, 6) is -0.556. The van der Waals surface area contributed by atoms with Crippen molar-refractivity contribution in [3.8, 4) is 17.2 Å². The largest absolute Gasteiger partial charge is 0.495 e. The molecule has 0 aliphatic rings. The number of benzene rings is 2. The van der Waals surface area contributed by atoms with Gasteiger partial charge in [0.15, 0.2) is 40.4 Å². The molecule has 0 spiro atoms. The van der Waals surface area contributed by atoms with Crippen LogP contribution in [0.15, 0.2) is 33.7 Å². The minimum atomic E-state index is -0.855. The summed E-state index contributed by atoms with van der Waals surface area (Å²) in [6, 6.07) is 6.05. The Kier molecular flexibility index (Phi) is 6.45. The number of nitrogens with one attached hydrogen (secondary N) is 3. The molecule has 0 aliphatic heterocycles. The molecule has 0 bridgehead atoms. The van der Waals surface area contributed by atoms with Crippen molar-refractivity contribution in [3.05, 3.63) is 41.6 Å². The molecule has 2 aromatic carbocycles. The van der Waals surface area contributed by atoms with Gasteiger partial charge in [-0.2, -0.15) is 5.10 Å². The zero-order valence-electron chi connectivity index (χ0n) is 18.2. The average molecular weight is 477 g/mol. The van der Waals surface area contributed by atoms with E-state index in [0.717, 1.165) is 24.1 Å². The molecule has 0 amide bonds. The van der Waals surface area contributed by atoms with Crippen LogP contribution >= 0.6 is 11.9 Å². The van der Waals surface area contributed by atoms with Crippen LogP contribution in [0.4, 0.5) is 26.1 Å². The quantitative estimate of drug-likeness (QED) is 0.278. The number of nitrogens with zero attached hydrogens (tertiary/aromatic N) is 2. The molecule has 0 radical (unpaired) electrons. The summed E-state index contributed by atoms with van der Waals surface area (Å²) in [5, 5.41) is 15.0. The van der Waals surface area contributed by atoms with Crippen LogP contribution in [0.5, 0.6) is 17.2 Å². The number of methoxy groups -OCH3 is 3. The fourth-order valence-corrected chi connectivity index (χ4v) is 4.08. The number of hydrogen-bond acceptors (Lipinski definition) is 9. The molecule has 0 saturated carbocycles. The summed E-state index contributed by atoms with van der Waals surface area (Å²) in [6.45, 7) is 2.02. The summed E-state index contributed by atoms with van der Waals surface area (Å²) in [7, 11) is 4.11. The molecule has 174 valence electrons. The molecule has 0 aliphatic carbocycles. The SMILES string of the molecule is CCc1cc(Nc2cc3onc(NSc4c(OC)c(F)cc(F)c4OC)c3cc2OC)n[nH]1. The van der Waals surface area contributed by atoms with Crippen molar-refractivity contribution in [2.24, 2.45) is 0 Å². The first-order valence-corrected chi connectivity index (χ1v) is 10.6. The number of halogens is 2. The summed E-state index contributed by atoms with van der Waals surface area (Å²) < 4.78 is 52.4. The maximum Gasteiger partial charge on any atom is 0.187 e. The van der Waals surface area contributed by atoms with Gasteiger partial charge in [-0.3, -0.25) is 5.10 Å². The van der Waals surface area contributed by atoms with Gasteiger partial charge in [0.25, 0.3) is 0 Å². The molecule has 0 unspecified atom stereocenters. The van der Waals surface area contributed by atoms with E-state index in [-0.39, 0.29) is 16.4 Å². The Balaban J connectivity index is 1.64. The molecule has 2 heterocycles. The van der Waals surface area contributed by atoms with Crippen molar-refractivity contribution in [1.29, 1.82) is 0 Å². The monoisotopic (exact) mass is 477 g/mol. The molecule has 0 fully saturated rings. The second kappa shape index (κ2) is 9.45. The van der Waals surface area contributed by atoms with E-state index in [0.29, 0.717) is 40.1 Å². The highest BCUT2D eigenvalue weighted by atomic mass is 32.2. The molecule has 2 aromatic heterocycles. The topological polar surface area (TPSA) is 106 Å². The summed E-state index contributed by atoms with van der Waals surface area (Å²) in [4.78, 5) is 0.0872. The highest BCUT2D eigenvalue weighted by Gasteiger charge is 2.22. The number of hydrogen-bond donors (Lipinski definition) is 3. The number of fused-ring (bicyclic) bond motifs is 1. The van der Waals surface area contributed by atoms with E-state index in [1.165, 1.54) is 21.3 Å². The molecule has 4 aromatic rings. The van der Waals surface area contributed by atoms with Gasteiger partial charge < -0.3 is 28.8 Å². The van der Waals surface area contributed by atoms with E-state index in [9.17, 15) is 8.78 Å². The number of aryl methyl sites for hydroxylation is 1. The van der Waals surface area contributed by atoms with E-state index in [4.69, 9.17) is 18.7 Å². The molecule has 12 heteroatoms. The van der Waals surface area contributed by atoms with Crippen LogP contribution in [0.3, 0.4) is 0 Å². The standard InChI is InChI=1S/C21H21F2N5O4S/c1-5-10-6-17(26-25-10)24-14-9-15-11(7-16(14)29-2)21(27-32-15)28-33-20-18(30-3)12(22)8-13(23)19(20)31-4/h6-9H,5H2,1-4H3,(H,27,28)(H2,24,25,26). The number of rotatable bonds is 9. The van der Waals surface area contributed by atoms with Crippen molar-refractivity contribution in [1.82, 2.24) is 15.4 Å². The first kappa shape index (κ1) is 22.5. The third-order valence-corrected chi connectivity index (χ3v) is 5.69. The predicted molar refractivity (Wildman–Crippen MR) is 121 cm³/mol. The van der Waals surface area contributed by atoms with E-state index in [1.807, 2.05) is 13.0 Å². The predicted octanol–water partition coefficient (Wildman–Crippen LogP) is 5.28. The molecule has 3 N–H and O–H groups in total. The molecule has 4 rings (SSSR count). The van der Waals surface area contributed by atoms with Crippen molar-refractivity contribution >= 4 is 40.2 Å².